The van der Waals surface area contributed by atoms with Crippen molar-refractivity contribution < 1.29 is 14.3 Å². The zero-order valence-electron chi connectivity index (χ0n) is 18.2. The third-order valence-electron chi connectivity index (χ3n) is 5.24. The molecule has 1 saturated heterocycles. The Morgan fingerprint density at radius 2 is 1.61 bits per heavy atom. The molecule has 0 aromatic heterocycles. The molecular weight excluding hydrogens is 440 g/mol. The molecule has 3 amide bonds. The van der Waals surface area contributed by atoms with Gasteiger partial charge in [-0.05, 0) is 61.5 Å². The van der Waals surface area contributed by atoms with Crippen LogP contribution in [-0.4, -0.2) is 38.2 Å². The van der Waals surface area contributed by atoms with E-state index in [-0.39, 0.29) is 5.91 Å². The molecule has 1 heterocycles. The zero-order chi connectivity index (χ0) is 23.2. The number of carbonyl (C=O) groups excluding carboxylic acids is 2. The van der Waals surface area contributed by atoms with Gasteiger partial charge in [0.1, 0.15) is 0 Å². The van der Waals surface area contributed by atoms with Crippen molar-refractivity contribution in [2.75, 3.05) is 47.2 Å². The molecule has 0 radical (unpaired) electrons. The smallest absolute Gasteiger partial charge is 0.323 e. The second-order valence-electron chi connectivity index (χ2n) is 7.74. The van der Waals surface area contributed by atoms with Crippen LogP contribution >= 0.6 is 11.6 Å². The van der Waals surface area contributed by atoms with E-state index in [4.69, 9.17) is 16.3 Å². The van der Waals surface area contributed by atoms with Gasteiger partial charge in [-0.3, -0.25) is 4.79 Å². The summed E-state index contributed by atoms with van der Waals surface area (Å²) in [5.41, 5.74) is 4.23. The van der Waals surface area contributed by atoms with E-state index in [0.717, 1.165) is 11.3 Å². The number of rotatable bonds is 5. The molecule has 1 aliphatic heterocycles. The highest BCUT2D eigenvalue weighted by molar-refractivity contribution is 6.30. The molecule has 3 aromatic carbocycles. The van der Waals surface area contributed by atoms with Gasteiger partial charge in [-0.1, -0.05) is 29.3 Å². The van der Waals surface area contributed by atoms with Crippen LogP contribution in [0.2, 0.25) is 5.02 Å². The minimum Gasteiger partial charge on any atom is -0.378 e. The monoisotopic (exact) mass is 464 g/mol. The molecule has 3 aromatic rings. The first-order chi connectivity index (χ1) is 16.0. The van der Waals surface area contributed by atoms with E-state index < -0.39 is 6.03 Å². The SMILES string of the molecule is Cc1cccc(C(=O)Nc2ccc(N3CCOCC3)c(NC(=O)Nc3ccc(Cl)cc3)c2)c1. The van der Waals surface area contributed by atoms with E-state index in [1.54, 1.807) is 36.4 Å². The fourth-order valence-corrected chi connectivity index (χ4v) is 3.73. The van der Waals surface area contributed by atoms with Crippen molar-refractivity contribution in [3.63, 3.8) is 0 Å². The summed E-state index contributed by atoms with van der Waals surface area (Å²) in [5, 5.41) is 9.22. The van der Waals surface area contributed by atoms with Gasteiger partial charge >= 0.3 is 6.03 Å². The molecule has 1 aliphatic rings. The molecule has 7 nitrogen and oxygen atoms in total. The van der Waals surface area contributed by atoms with Gasteiger partial charge in [-0.2, -0.15) is 0 Å². The first kappa shape index (κ1) is 22.6. The normalized spacial score (nSPS) is 13.3. The fourth-order valence-electron chi connectivity index (χ4n) is 3.60. The van der Waals surface area contributed by atoms with Crippen molar-refractivity contribution in [3.8, 4) is 0 Å². The van der Waals surface area contributed by atoms with Crippen LogP contribution in [0.4, 0.5) is 27.5 Å². The summed E-state index contributed by atoms with van der Waals surface area (Å²) in [4.78, 5) is 27.6. The van der Waals surface area contributed by atoms with Gasteiger partial charge in [-0.15, -0.1) is 0 Å². The number of benzene rings is 3. The zero-order valence-corrected chi connectivity index (χ0v) is 19.0. The van der Waals surface area contributed by atoms with Crippen LogP contribution < -0.4 is 20.9 Å². The van der Waals surface area contributed by atoms with Crippen molar-refractivity contribution >= 4 is 46.3 Å². The number of ether oxygens (including phenoxy) is 1. The molecule has 0 saturated carbocycles. The largest absolute Gasteiger partial charge is 0.378 e. The number of nitrogens with one attached hydrogen (secondary N) is 3. The number of hydrogen-bond acceptors (Lipinski definition) is 4. The molecule has 33 heavy (non-hydrogen) atoms. The Kier molecular flexibility index (Phi) is 7.12. The maximum Gasteiger partial charge on any atom is 0.323 e. The Morgan fingerprint density at radius 3 is 2.33 bits per heavy atom. The quantitative estimate of drug-likeness (QED) is 0.473. The molecular formula is C25H25ClN4O3. The predicted molar refractivity (Wildman–Crippen MR) is 133 cm³/mol. The minimum atomic E-state index is -0.394. The number of amides is 3. The maximum atomic E-state index is 12.7. The Morgan fingerprint density at radius 1 is 0.879 bits per heavy atom. The summed E-state index contributed by atoms with van der Waals surface area (Å²) in [6.07, 6.45) is 0. The van der Waals surface area contributed by atoms with E-state index in [1.165, 1.54) is 0 Å². The molecule has 8 heteroatoms. The molecule has 4 rings (SSSR count). The summed E-state index contributed by atoms with van der Waals surface area (Å²) in [6, 6.07) is 19.3. The maximum absolute atomic E-state index is 12.7. The van der Waals surface area contributed by atoms with Crippen LogP contribution in [0, 0.1) is 6.92 Å². The Bertz CT molecular complexity index is 1140. The van der Waals surface area contributed by atoms with Crippen molar-refractivity contribution in [2.45, 2.75) is 6.92 Å². The van der Waals surface area contributed by atoms with E-state index in [9.17, 15) is 9.59 Å². The van der Waals surface area contributed by atoms with Gasteiger partial charge in [0, 0.05) is 35.1 Å². The molecule has 0 spiro atoms. The van der Waals surface area contributed by atoms with Crippen LogP contribution in [0.15, 0.2) is 66.7 Å². The number of anilines is 4. The van der Waals surface area contributed by atoms with Gasteiger partial charge in [0.25, 0.3) is 5.91 Å². The second kappa shape index (κ2) is 10.4. The third-order valence-corrected chi connectivity index (χ3v) is 5.49. The Labute approximate surface area is 197 Å². The minimum absolute atomic E-state index is 0.214. The van der Waals surface area contributed by atoms with Gasteiger partial charge < -0.3 is 25.6 Å². The first-order valence-corrected chi connectivity index (χ1v) is 11.0. The van der Waals surface area contributed by atoms with Crippen molar-refractivity contribution in [3.05, 3.63) is 82.9 Å². The molecule has 0 bridgehead atoms. The molecule has 1 fully saturated rings. The standard InChI is InChI=1S/C25H25ClN4O3/c1-17-3-2-4-18(15-17)24(31)27-21-9-10-23(30-11-13-33-14-12-30)22(16-21)29-25(32)28-20-7-5-19(26)6-8-20/h2-10,15-16H,11-14H2,1H3,(H,27,31)(H2,28,29,32). The lowest BCUT2D eigenvalue weighted by Gasteiger charge is -2.30. The van der Waals surface area contributed by atoms with E-state index in [0.29, 0.717) is 54.0 Å². The van der Waals surface area contributed by atoms with Crippen LogP contribution in [0.1, 0.15) is 15.9 Å². The number of carbonyl (C=O) groups is 2. The summed E-state index contributed by atoms with van der Waals surface area (Å²) in [7, 11) is 0. The average molecular weight is 465 g/mol. The van der Waals surface area contributed by atoms with Gasteiger partial charge in [0.05, 0.1) is 24.6 Å². The molecule has 0 unspecified atom stereocenters. The number of nitrogens with zero attached hydrogens (tertiary/aromatic N) is 1. The van der Waals surface area contributed by atoms with Gasteiger partial charge in [-0.25, -0.2) is 4.79 Å². The van der Waals surface area contributed by atoms with Gasteiger partial charge in [0.15, 0.2) is 0 Å². The Hall–Kier alpha value is -3.55. The summed E-state index contributed by atoms with van der Waals surface area (Å²) >= 11 is 5.92. The van der Waals surface area contributed by atoms with Crippen molar-refractivity contribution in [1.29, 1.82) is 0 Å². The van der Waals surface area contributed by atoms with E-state index in [2.05, 4.69) is 20.9 Å². The lowest BCUT2D eigenvalue weighted by molar-refractivity contribution is 0.102. The number of aryl methyl sites for hydroxylation is 1. The highest BCUT2D eigenvalue weighted by Crippen LogP contribution is 2.30. The third kappa shape index (κ3) is 6.03. The Balaban J connectivity index is 1.55. The number of urea groups is 1. The van der Waals surface area contributed by atoms with Crippen molar-refractivity contribution in [2.24, 2.45) is 0 Å². The summed E-state index contributed by atoms with van der Waals surface area (Å²) in [6.45, 7) is 4.59. The topological polar surface area (TPSA) is 82.7 Å². The second-order valence-corrected chi connectivity index (χ2v) is 8.18. The number of hydrogen-bond donors (Lipinski definition) is 3. The van der Waals surface area contributed by atoms with E-state index >= 15 is 0 Å². The predicted octanol–water partition coefficient (Wildman–Crippen LogP) is 5.38. The van der Waals surface area contributed by atoms with Crippen molar-refractivity contribution in [1.82, 2.24) is 0 Å². The fraction of sp³-hybridized carbons (Fsp3) is 0.200. The van der Waals surface area contributed by atoms with Crippen LogP contribution in [0.5, 0.6) is 0 Å². The molecule has 170 valence electrons. The van der Waals surface area contributed by atoms with Crippen LogP contribution in [-0.2, 0) is 4.74 Å². The average Bonchev–Trinajstić information content (AvgIpc) is 2.81. The summed E-state index contributed by atoms with van der Waals surface area (Å²) in [5.74, 6) is -0.214. The molecule has 3 N–H and O–H groups in total. The van der Waals surface area contributed by atoms with Crippen LogP contribution in [0.25, 0.3) is 0 Å². The summed E-state index contributed by atoms with van der Waals surface area (Å²) < 4.78 is 5.46. The van der Waals surface area contributed by atoms with E-state index in [1.807, 2.05) is 37.3 Å². The highest BCUT2D eigenvalue weighted by Gasteiger charge is 2.18. The number of morpholine rings is 1. The first-order valence-electron chi connectivity index (χ1n) is 10.7. The van der Waals surface area contributed by atoms with Crippen LogP contribution in [0.3, 0.4) is 0 Å². The number of halogens is 1. The molecule has 0 aliphatic carbocycles. The van der Waals surface area contributed by atoms with Gasteiger partial charge in [0.2, 0.25) is 0 Å². The lowest BCUT2D eigenvalue weighted by atomic mass is 10.1. The highest BCUT2D eigenvalue weighted by atomic mass is 35.5. The lowest BCUT2D eigenvalue weighted by Crippen LogP contribution is -2.37. The molecule has 0 atom stereocenters.